The molecule has 1 unspecified atom stereocenters. The SMILES string of the molecule is CC(=O)C1C=CCCC1. The predicted octanol–water partition coefficient (Wildman–Crippen LogP) is 1.93. The first kappa shape index (κ1) is 6.53. The molecular weight excluding hydrogens is 112 g/mol. The van der Waals surface area contributed by atoms with Crippen LogP contribution < -0.4 is 0 Å². The third kappa shape index (κ3) is 1.67. The number of hydrogen-bond donors (Lipinski definition) is 0. The molecule has 0 heterocycles. The Morgan fingerprint density at radius 1 is 1.67 bits per heavy atom. The first-order valence-electron chi connectivity index (χ1n) is 3.48. The molecule has 0 spiro atoms. The van der Waals surface area contributed by atoms with Crippen molar-refractivity contribution in [1.29, 1.82) is 0 Å². The molecule has 0 aromatic heterocycles. The molecule has 1 nitrogen and oxygen atoms in total. The highest BCUT2D eigenvalue weighted by atomic mass is 16.1. The molecule has 1 aliphatic carbocycles. The maximum Gasteiger partial charge on any atom is 0.136 e. The van der Waals surface area contributed by atoms with Crippen molar-refractivity contribution >= 4 is 5.78 Å². The molecular formula is C8H12O. The molecule has 0 N–H and O–H groups in total. The second-order valence-electron chi connectivity index (χ2n) is 2.58. The first-order chi connectivity index (χ1) is 4.30. The number of hydrogen-bond acceptors (Lipinski definition) is 1. The molecule has 1 heteroatoms. The van der Waals surface area contributed by atoms with Gasteiger partial charge >= 0.3 is 0 Å². The summed E-state index contributed by atoms with van der Waals surface area (Å²) in [6.07, 6.45) is 7.54. The standard InChI is InChI=1S/C8H12O/c1-7(9)8-5-3-2-4-6-8/h3,5,8H,2,4,6H2,1H3. The van der Waals surface area contributed by atoms with Gasteiger partial charge in [-0.25, -0.2) is 0 Å². The van der Waals surface area contributed by atoms with Gasteiger partial charge in [-0.1, -0.05) is 12.2 Å². The quantitative estimate of drug-likeness (QED) is 0.488. The lowest BCUT2D eigenvalue weighted by Gasteiger charge is -2.11. The van der Waals surface area contributed by atoms with E-state index in [0.717, 1.165) is 12.8 Å². The number of carbonyl (C=O) groups excluding carboxylic acids is 1. The molecule has 1 rings (SSSR count). The first-order valence-corrected chi connectivity index (χ1v) is 3.48. The van der Waals surface area contributed by atoms with Gasteiger partial charge in [0.05, 0.1) is 0 Å². The van der Waals surface area contributed by atoms with Crippen LogP contribution in [-0.4, -0.2) is 5.78 Å². The van der Waals surface area contributed by atoms with Gasteiger partial charge in [-0.05, 0) is 26.2 Å². The fourth-order valence-electron chi connectivity index (χ4n) is 1.15. The molecule has 0 bridgehead atoms. The minimum Gasteiger partial charge on any atom is -0.299 e. The van der Waals surface area contributed by atoms with Crippen LogP contribution in [0.15, 0.2) is 12.2 Å². The van der Waals surface area contributed by atoms with E-state index >= 15 is 0 Å². The van der Waals surface area contributed by atoms with E-state index in [2.05, 4.69) is 6.08 Å². The van der Waals surface area contributed by atoms with Gasteiger partial charge in [0.15, 0.2) is 0 Å². The van der Waals surface area contributed by atoms with Crippen LogP contribution in [0.5, 0.6) is 0 Å². The monoisotopic (exact) mass is 124 g/mol. The normalized spacial score (nSPS) is 26.1. The third-order valence-electron chi connectivity index (χ3n) is 1.78. The molecule has 0 aliphatic heterocycles. The number of Topliss-reactive ketones (excluding diaryl/α,β-unsaturated/α-hetero) is 1. The van der Waals surface area contributed by atoms with Crippen molar-refractivity contribution in [2.75, 3.05) is 0 Å². The smallest absolute Gasteiger partial charge is 0.136 e. The molecule has 0 amide bonds. The average Bonchev–Trinajstić information content (AvgIpc) is 1.90. The fraction of sp³-hybridized carbons (Fsp3) is 0.625. The van der Waals surface area contributed by atoms with Crippen LogP contribution in [0.3, 0.4) is 0 Å². The van der Waals surface area contributed by atoms with Crippen molar-refractivity contribution in [2.24, 2.45) is 5.92 Å². The minimum atomic E-state index is 0.235. The van der Waals surface area contributed by atoms with Crippen LogP contribution in [0.2, 0.25) is 0 Å². The fourth-order valence-corrected chi connectivity index (χ4v) is 1.15. The van der Waals surface area contributed by atoms with Crippen molar-refractivity contribution in [2.45, 2.75) is 26.2 Å². The molecule has 0 aromatic carbocycles. The highest BCUT2D eigenvalue weighted by Crippen LogP contribution is 2.16. The van der Waals surface area contributed by atoms with Gasteiger partial charge in [0.25, 0.3) is 0 Å². The number of ketones is 1. The molecule has 0 radical (unpaired) electrons. The van der Waals surface area contributed by atoms with Crippen LogP contribution in [0.1, 0.15) is 26.2 Å². The van der Waals surface area contributed by atoms with Gasteiger partial charge in [0.1, 0.15) is 5.78 Å². The second-order valence-corrected chi connectivity index (χ2v) is 2.58. The molecule has 9 heavy (non-hydrogen) atoms. The lowest BCUT2D eigenvalue weighted by atomic mass is 9.93. The summed E-state index contributed by atoms with van der Waals surface area (Å²) in [6.45, 7) is 1.67. The van der Waals surface area contributed by atoms with E-state index in [1.54, 1.807) is 6.92 Å². The molecule has 0 aromatic rings. The van der Waals surface area contributed by atoms with E-state index < -0.39 is 0 Å². The Labute approximate surface area is 55.8 Å². The summed E-state index contributed by atoms with van der Waals surface area (Å²) in [5.41, 5.74) is 0. The summed E-state index contributed by atoms with van der Waals surface area (Å²) >= 11 is 0. The third-order valence-corrected chi connectivity index (χ3v) is 1.78. The van der Waals surface area contributed by atoms with Crippen molar-refractivity contribution in [1.82, 2.24) is 0 Å². The van der Waals surface area contributed by atoms with Crippen LogP contribution in [0.4, 0.5) is 0 Å². The number of carbonyl (C=O) groups is 1. The molecule has 50 valence electrons. The zero-order valence-electron chi connectivity index (χ0n) is 5.76. The predicted molar refractivity (Wildman–Crippen MR) is 37.2 cm³/mol. The van der Waals surface area contributed by atoms with Gasteiger partial charge in [0, 0.05) is 5.92 Å². The van der Waals surface area contributed by atoms with Crippen molar-refractivity contribution in [3.63, 3.8) is 0 Å². The Morgan fingerprint density at radius 3 is 2.78 bits per heavy atom. The molecule has 0 fully saturated rings. The molecule has 1 atom stereocenters. The zero-order chi connectivity index (χ0) is 6.69. The Bertz CT molecular complexity index is 136. The summed E-state index contributed by atoms with van der Waals surface area (Å²) in [7, 11) is 0. The van der Waals surface area contributed by atoms with Crippen molar-refractivity contribution in [3.8, 4) is 0 Å². The summed E-state index contributed by atoms with van der Waals surface area (Å²) in [5.74, 6) is 0.546. The summed E-state index contributed by atoms with van der Waals surface area (Å²) in [5, 5.41) is 0. The number of allylic oxidation sites excluding steroid dienone is 2. The summed E-state index contributed by atoms with van der Waals surface area (Å²) in [4.78, 5) is 10.7. The molecule has 1 aliphatic rings. The van der Waals surface area contributed by atoms with Crippen LogP contribution >= 0.6 is 0 Å². The van der Waals surface area contributed by atoms with E-state index in [0.29, 0.717) is 5.78 Å². The Kier molecular flexibility index (Phi) is 2.04. The van der Waals surface area contributed by atoms with Gasteiger partial charge in [-0.15, -0.1) is 0 Å². The Morgan fingerprint density at radius 2 is 2.44 bits per heavy atom. The van der Waals surface area contributed by atoms with E-state index in [-0.39, 0.29) is 5.92 Å². The van der Waals surface area contributed by atoms with Gasteiger partial charge in [-0.2, -0.15) is 0 Å². The number of rotatable bonds is 1. The van der Waals surface area contributed by atoms with E-state index in [4.69, 9.17) is 0 Å². The summed E-state index contributed by atoms with van der Waals surface area (Å²) in [6, 6.07) is 0. The van der Waals surface area contributed by atoms with Crippen LogP contribution in [0.25, 0.3) is 0 Å². The Balaban J connectivity index is 2.50. The highest BCUT2D eigenvalue weighted by Gasteiger charge is 2.11. The topological polar surface area (TPSA) is 17.1 Å². The zero-order valence-corrected chi connectivity index (χ0v) is 5.76. The van der Waals surface area contributed by atoms with Crippen molar-refractivity contribution < 1.29 is 4.79 Å². The minimum absolute atomic E-state index is 0.235. The second kappa shape index (κ2) is 2.81. The van der Waals surface area contributed by atoms with Crippen molar-refractivity contribution in [3.05, 3.63) is 12.2 Å². The maximum absolute atomic E-state index is 10.7. The maximum atomic E-state index is 10.7. The molecule has 0 saturated heterocycles. The van der Waals surface area contributed by atoms with E-state index in [1.165, 1.54) is 6.42 Å². The summed E-state index contributed by atoms with van der Waals surface area (Å²) < 4.78 is 0. The van der Waals surface area contributed by atoms with Gasteiger partial charge in [-0.3, -0.25) is 4.79 Å². The van der Waals surface area contributed by atoms with Gasteiger partial charge in [0.2, 0.25) is 0 Å². The Hall–Kier alpha value is -0.590. The van der Waals surface area contributed by atoms with E-state index in [9.17, 15) is 4.79 Å². The van der Waals surface area contributed by atoms with Gasteiger partial charge < -0.3 is 0 Å². The molecule has 0 saturated carbocycles. The van der Waals surface area contributed by atoms with Crippen LogP contribution in [0, 0.1) is 5.92 Å². The lowest BCUT2D eigenvalue weighted by Crippen LogP contribution is -2.09. The van der Waals surface area contributed by atoms with Crippen LogP contribution in [-0.2, 0) is 4.79 Å². The average molecular weight is 124 g/mol. The van der Waals surface area contributed by atoms with E-state index in [1.807, 2.05) is 6.08 Å². The lowest BCUT2D eigenvalue weighted by molar-refractivity contribution is -0.119. The largest absolute Gasteiger partial charge is 0.299 e. The highest BCUT2D eigenvalue weighted by molar-refractivity contribution is 5.80.